The van der Waals surface area contributed by atoms with Crippen LogP contribution in [-0.4, -0.2) is 10.9 Å². The summed E-state index contributed by atoms with van der Waals surface area (Å²) in [4.78, 5) is 16.3. The molecule has 2 rings (SSSR count). The Morgan fingerprint density at radius 1 is 1.25 bits per heavy atom. The van der Waals surface area contributed by atoms with Crippen LogP contribution in [0.15, 0.2) is 30.3 Å². The molecule has 1 heterocycles. The molecule has 1 aromatic carbocycles. The molecule has 0 aliphatic carbocycles. The molecule has 0 atom stereocenters. The predicted octanol–water partition coefficient (Wildman–Crippen LogP) is 4.51. The van der Waals surface area contributed by atoms with Crippen LogP contribution >= 0.6 is 23.2 Å². The van der Waals surface area contributed by atoms with Crippen LogP contribution in [-0.2, 0) is 6.42 Å². The first-order valence-corrected chi connectivity index (χ1v) is 6.99. The molecule has 3 nitrogen and oxygen atoms in total. The van der Waals surface area contributed by atoms with Crippen molar-refractivity contribution in [1.29, 1.82) is 0 Å². The molecule has 0 saturated carbocycles. The van der Waals surface area contributed by atoms with Gasteiger partial charge in [-0.05, 0) is 43.2 Å². The van der Waals surface area contributed by atoms with Crippen molar-refractivity contribution in [2.24, 2.45) is 0 Å². The summed E-state index contributed by atoms with van der Waals surface area (Å²) in [5, 5.41) is 3.73. The largest absolute Gasteiger partial charge is 0.322 e. The Morgan fingerprint density at radius 2 is 2.00 bits per heavy atom. The van der Waals surface area contributed by atoms with E-state index in [4.69, 9.17) is 23.2 Å². The molecule has 2 aromatic rings. The van der Waals surface area contributed by atoms with Crippen LogP contribution in [0.25, 0.3) is 0 Å². The molecule has 1 N–H and O–H groups in total. The average Bonchev–Trinajstić information content (AvgIpc) is 2.42. The maximum Gasteiger partial charge on any atom is 0.255 e. The number of rotatable bonds is 3. The van der Waals surface area contributed by atoms with Crippen molar-refractivity contribution in [2.75, 3.05) is 5.32 Å². The van der Waals surface area contributed by atoms with Crippen LogP contribution in [0.5, 0.6) is 0 Å². The lowest BCUT2D eigenvalue weighted by Gasteiger charge is -2.08. The minimum absolute atomic E-state index is 0.232. The summed E-state index contributed by atoms with van der Waals surface area (Å²) in [6.07, 6.45) is 0.719. The molecule has 0 radical (unpaired) electrons. The topological polar surface area (TPSA) is 42.0 Å². The quantitative estimate of drug-likeness (QED) is 0.848. The maximum atomic E-state index is 12.2. The molecular weight excluding hydrogens is 295 g/mol. The second-order valence-electron chi connectivity index (χ2n) is 4.44. The number of benzene rings is 1. The number of carbonyl (C=O) groups excluding carboxylic acids is 1. The number of nitrogens with one attached hydrogen (secondary N) is 1. The van der Waals surface area contributed by atoms with E-state index in [1.165, 1.54) is 0 Å². The van der Waals surface area contributed by atoms with E-state index in [2.05, 4.69) is 10.3 Å². The summed E-state index contributed by atoms with van der Waals surface area (Å²) >= 11 is 11.9. The number of halogens is 2. The van der Waals surface area contributed by atoms with Gasteiger partial charge in [-0.25, -0.2) is 4.98 Å². The molecule has 104 valence electrons. The van der Waals surface area contributed by atoms with Gasteiger partial charge in [-0.3, -0.25) is 4.79 Å². The molecule has 0 aliphatic rings. The first-order valence-electron chi connectivity index (χ1n) is 6.23. The van der Waals surface area contributed by atoms with Gasteiger partial charge in [0.1, 0.15) is 5.15 Å². The number of anilines is 1. The molecule has 0 bridgehead atoms. The fourth-order valence-electron chi connectivity index (χ4n) is 1.74. The Hall–Kier alpha value is -1.58. The summed E-state index contributed by atoms with van der Waals surface area (Å²) < 4.78 is 0. The fourth-order valence-corrected chi connectivity index (χ4v) is 2.14. The van der Waals surface area contributed by atoms with Crippen molar-refractivity contribution in [3.63, 3.8) is 0 Å². The van der Waals surface area contributed by atoms with E-state index in [1.54, 1.807) is 18.2 Å². The molecule has 0 spiro atoms. The Bertz CT molecular complexity index is 656. The van der Waals surface area contributed by atoms with Crippen molar-refractivity contribution in [3.8, 4) is 0 Å². The zero-order valence-electron chi connectivity index (χ0n) is 11.2. The highest BCUT2D eigenvalue weighted by Gasteiger charge is 2.10. The third-order valence-corrected chi connectivity index (χ3v) is 3.50. The number of aromatic nitrogens is 1. The van der Waals surface area contributed by atoms with Gasteiger partial charge in [0.15, 0.2) is 0 Å². The van der Waals surface area contributed by atoms with Gasteiger partial charge < -0.3 is 5.32 Å². The molecule has 0 aliphatic heterocycles. The third-order valence-electron chi connectivity index (χ3n) is 2.90. The molecule has 20 heavy (non-hydrogen) atoms. The van der Waals surface area contributed by atoms with Gasteiger partial charge >= 0.3 is 0 Å². The number of carbonyl (C=O) groups is 1. The summed E-state index contributed by atoms with van der Waals surface area (Å²) in [7, 11) is 0. The van der Waals surface area contributed by atoms with Crippen LogP contribution in [0.3, 0.4) is 0 Å². The number of pyridine rings is 1. The number of hydrogen-bond donors (Lipinski definition) is 1. The highest BCUT2D eigenvalue weighted by atomic mass is 35.5. The smallest absolute Gasteiger partial charge is 0.255 e. The van der Waals surface area contributed by atoms with Crippen LogP contribution in [0.2, 0.25) is 10.2 Å². The van der Waals surface area contributed by atoms with Crippen molar-refractivity contribution in [2.45, 2.75) is 20.3 Å². The lowest BCUT2D eigenvalue weighted by molar-refractivity contribution is 0.102. The Balaban J connectivity index is 2.23. The van der Waals surface area contributed by atoms with Gasteiger partial charge in [-0.15, -0.1) is 0 Å². The molecule has 0 saturated heterocycles. The number of hydrogen-bond acceptors (Lipinski definition) is 2. The van der Waals surface area contributed by atoms with E-state index in [9.17, 15) is 4.79 Å². The Morgan fingerprint density at radius 3 is 2.65 bits per heavy atom. The number of aryl methyl sites for hydroxylation is 2. The highest BCUT2D eigenvalue weighted by Crippen LogP contribution is 2.21. The van der Waals surface area contributed by atoms with E-state index in [1.807, 2.05) is 26.0 Å². The van der Waals surface area contributed by atoms with Gasteiger partial charge in [0, 0.05) is 22.0 Å². The van der Waals surface area contributed by atoms with Gasteiger partial charge in [0.25, 0.3) is 5.91 Å². The number of amides is 1. The third kappa shape index (κ3) is 3.50. The Labute approximate surface area is 127 Å². The summed E-state index contributed by atoms with van der Waals surface area (Å²) in [5.41, 5.74) is 2.88. The molecule has 0 unspecified atom stereocenters. The van der Waals surface area contributed by atoms with E-state index < -0.39 is 0 Å². The van der Waals surface area contributed by atoms with Crippen molar-refractivity contribution in [1.82, 2.24) is 4.98 Å². The zero-order chi connectivity index (χ0) is 14.7. The minimum Gasteiger partial charge on any atom is -0.322 e. The summed E-state index contributed by atoms with van der Waals surface area (Å²) in [5.74, 6) is -0.232. The van der Waals surface area contributed by atoms with E-state index in [0.717, 1.165) is 17.7 Å². The fraction of sp³-hybridized carbons (Fsp3) is 0.200. The Kier molecular flexibility index (Phi) is 4.63. The average molecular weight is 309 g/mol. The van der Waals surface area contributed by atoms with Crippen LogP contribution in [0, 0.1) is 6.92 Å². The van der Waals surface area contributed by atoms with E-state index in [0.29, 0.717) is 21.4 Å². The monoisotopic (exact) mass is 308 g/mol. The van der Waals surface area contributed by atoms with Gasteiger partial charge in [-0.1, -0.05) is 36.2 Å². The lowest BCUT2D eigenvalue weighted by atomic mass is 10.1. The lowest BCUT2D eigenvalue weighted by Crippen LogP contribution is -2.12. The van der Waals surface area contributed by atoms with Gasteiger partial charge in [0.2, 0.25) is 0 Å². The number of nitrogens with zero attached hydrogens (tertiary/aromatic N) is 1. The SMILES string of the molecule is CCc1cc(C(=O)Nc2ccc(C)c(Cl)c2)cc(Cl)n1. The first kappa shape index (κ1) is 14.8. The molecule has 1 aromatic heterocycles. The van der Waals surface area contributed by atoms with Crippen molar-refractivity contribution >= 4 is 34.8 Å². The predicted molar refractivity (Wildman–Crippen MR) is 82.8 cm³/mol. The molecule has 0 fully saturated rings. The second-order valence-corrected chi connectivity index (χ2v) is 5.24. The van der Waals surface area contributed by atoms with Crippen molar-refractivity contribution < 1.29 is 4.79 Å². The summed E-state index contributed by atoms with van der Waals surface area (Å²) in [6.45, 7) is 3.87. The zero-order valence-corrected chi connectivity index (χ0v) is 12.7. The molecular formula is C15H14Cl2N2O. The maximum absolute atomic E-state index is 12.2. The first-order chi connectivity index (χ1) is 9.49. The summed E-state index contributed by atoms with van der Waals surface area (Å²) in [6, 6.07) is 8.67. The second kappa shape index (κ2) is 6.25. The van der Waals surface area contributed by atoms with E-state index in [-0.39, 0.29) is 5.91 Å². The minimum atomic E-state index is -0.232. The standard InChI is InChI=1S/C15H14Cl2N2O/c1-3-11-6-10(7-14(17)18-11)15(20)19-12-5-4-9(2)13(16)8-12/h4-8H,3H2,1-2H3,(H,19,20). The molecule has 5 heteroatoms. The van der Waals surface area contributed by atoms with E-state index >= 15 is 0 Å². The molecule has 1 amide bonds. The van der Waals surface area contributed by atoms with Crippen LogP contribution in [0.1, 0.15) is 28.5 Å². The van der Waals surface area contributed by atoms with Crippen LogP contribution < -0.4 is 5.32 Å². The van der Waals surface area contributed by atoms with Crippen molar-refractivity contribution in [3.05, 3.63) is 57.3 Å². The highest BCUT2D eigenvalue weighted by molar-refractivity contribution is 6.31. The van der Waals surface area contributed by atoms with Gasteiger partial charge in [-0.2, -0.15) is 0 Å². The van der Waals surface area contributed by atoms with Gasteiger partial charge in [0.05, 0.1) is 0 Å². The van der Waals surface area contributed by atoms with Crippen LogP contribution in [0.4, 0.5) is 5.69 Å². The normalized spacial score (nSPS) is 10.4.